The zero-order chi connectivity index (χ0) is 17.5. The number of methoxy groups -OCH3 is 3. The highest BCUT2D eigenvalue weighted by Crippen LogP contribution is 2.29. The van der Waals surface area contributed by atoms with E-state index in [1.165, 1.54) is 13.2 Å². The van der Waals surface area contributed by atoms with Crippen molar-refractivity contribution in [3.63, 3.8) is 0 Å². The van der Waals surface area contributed by atoms with Gasteiger partial charge >= 0.3 is 0 Å². The molecule has 0 saturated heterocycles. The highest BCUT2D eigenvalue weighted by Gasteiger charge is 2.06. The fraction of sp³-hybridized carbons (Fsp3) is 0.235. The Morgan fingerprint density at radius 2 is 1.67 bits per heavy atom. The molecule has 0 fully saturated rings. The van der Waals surface area contributed by atoms with Crippen molar-refractivity contribution in [1.82, 2.24) is 0 Å². The predicted octanol–water partition coefficient (Wildman–Crippen LogP) is 2.78. The standard InChI is InChI=1S/C17H20FN3O3/c1-22-14-6-4-11(8-13(14)18)10-20-17(19)21-12-5-7-15(23-2)16(9-12)24-3/h4-9H,10H2,1-3H3,(H3,19,20,21). The Morgan fingerprint density at radius 1 is 1.00 bits per heavy atom. The Morgan fingerprint density at radius 3 is 2.29 bits per heavy atom. The maximum Gasteiger partial charge on any atom is 0.193 e. The Balaban J connectivity index is 2.05. The van der Waals surface area contributed by atoms with Crippen LogP contribution in [0, 0.1) is 5.82 Å². The van der Waals surface area contributed by atoms with Gasteiger partial charge in [-0.1, -0.05) is 6.07 Å². The number of guanidine groups is 1. The summed E-state index contributed by atoms with van der Waals surface area (Å²) in [6.07, 6.45) is 0. The van der Waals surface area contributed by atoms with Gasteiger partial charge in [0.05, 0.1) is 27.9 Å². The summed E-state index contributed by atoms with van der Waals surface area (Å²) in [5.41, 5.74) is 7.25. The fourth-order valence-electron chi connectivity index (χ4n) is 2.09. The van der Waals surface area contributed by atoms with Crippen LogP contribution in [0.5, 0.6) is 17.2 Å². The second-order valence-electron chi connectivity index (χ2n) is 4.87. The molecule has 0 aliphatic carbocycles. The highest BCUT2D eigenvalue weighted by molar-refractivity contribution is 5.92. The number of nitrogens with zero attached hydrogens (tertiary/aromatic N) is 1. The first-order chi connectivity index (χ1) is 11.6. The first kappa shape index (κ1) is 17.4. The van der Waals surface area contributed by atoms with Crippen LogP contribution in [-0.2, 0) is 6.54 Å². The quantitative estimate of drug-likeness (QED) is 0.628. The lowest BCUT2D eigenvalue weighted by atomic mass is 10.2. The highest BCUT2D eigenvalue weighted by atomic mass is 19.1. The molecule has 0 amide bonds. The molecule has 0 spiro atoms. The Labute approximate surface area is 140 Å². The molecule has 2 rings (SSSR count). The third-order valence-electron chi connectivity index (χ3n) is 3.30. The lowest BCUT2D eigenvalue weighted by Gasteiger charge is -2.11. The molecule has 128 valence electrons. The molecule has 2 aromatic carbocycles. The van der Waals surface area contributed by atoms with Gasteiger partial charge < -0.3 is 25.3 Å². The van der Waals surface area contributed by atoms with Gasteiger partial charge in [0, 0.05) is 11.8 Å². The van der Waals surface area contributed by atoms with E-state index in [9.17, 15) is 4.39 Å². The number of hydrogen-bond donors (Lipinski definition) is 2. The van der Waals surface area contributed by atoms with Crippen molar-refractivity contribution in [2.75, 3.05) is 26.6 Å². The van der Waals surface area contributed by atoms with E-state index >= 15 is 0 Å². The number of benzene rings is 2. The van der Waals surface area contributed by atoms with Crippen molar-refractivity contribution >= 4 is 11.6 Å². The van der Waals surface area contributed by atoms with E-state index in [2.05, 4.69) is 10.3 Å². The van der Waals surface area contributed by atoms with E-state index in [1.807, 2.05) is 0 Å². The summed E-state index contributed by atoms with van der Waals surface area (Å²) >= 11 is 0. The lowest BCUT2D eigenvalue weighted by molar-refractivity contribution is 0.355. The first-order valence-corrected chi connectivity index (χ1v) is 7.18. The summed E-state index contributed by atoms with van der Waals surface area (Å²) in [4.78, 5) is 4.19. The van der Waals surface area contributed by atoms with Crippen molar-refractivity contribution in [1.29, 1.82) is 0 Å². The second kappa shape index (κ2) is 8.05. The Hall–Kier alpha value is -2.96. The number of hydrogen-bond acceptors (Lipinski definition) is 4. The van der Waals surface area contributed by atoms with Crippen LogP contribution in [0.1, 0.15) is 5.56 Å². The molecule has 2 aromatic rings. The van der Waals surface area contributed by atoms with Crippen LogP contribution in [0.15, 0.2) is 41.4 Å². The van der Waals surface area contributed by atoms with Crippen LogP contribution in [-0.4, -0.2) is 27.3 Å². The van der Waals surface area contributed by atoms with Crippen LogP contribution in [0.4, 0.5) is 10.1 Å². The SMILES string of the molecule is COc1ccc(CN=C(N)Nc2ccc(OC)c(OC)c2)cc1F. The molecule has 0 heterocycles. The molecule has 7 heteroatoms. The van der Waals surface area contributed by atoms with E-state index < -0.39 is 5.82 Å². The van der Waals surface area contributed by atoms with E-state index in [-0.39, 0.29) is 18.3 Å². The average molecular weight is 333 g/mol. The fourth-order valence-corrected chi connectivity index (χ4v) is 2.09. The van der Waals surface area contributed by atoms with Crippen LogP contribution in [0.3, 0.4) is 0 Å². The van der Waals surface area contributed by atoms with Crippen LogP contribution in [0.2, 0.25) is 0 Å². The van der Waals surface area contributed by atoms with Gasteiger partial charge in [-0.25, -0.2) is 9.38 Å². The van der Waals surface area contributed by atoms with E-state index in [1.54, 1.807) is 44.6 Å². The molecule has 0 aromatic heterocycles. The number of anilines is 1. The normalized spacial score (nSPS) is 11.1. The summed E-state index contributed by atoms with van der Waals surface area (Å²) in [7, 11) is 4.54. The molecule has 0 atom stereocenters. The molecule has 0 saturated carbocycles. The summed E-state index contributed by atoms with van der Waals surface area (Å²) in [5.74, 6) is 1.16. The van der Waals surface area contributed by atoms with E-state index in [4.69, 9.17) is 19.9 Å². The minimum atomic E-state index is -0.434. The van der Waals surface area contributed by atoms with Gasteiger partial charge in [-0.15, -0.1) is 0 Å². The predicted molar refractivity (Wildman–Crippen MR) is 91.4 cm³/mol. The molecular formula is C17H20FN3O3. The number of aliphatic imine (C=N–C) groups is 1. The van der Waals surface area contributed by atoms with Crippen LogP contribution >= 0.6 is 0 Å². The molecule has 0 aliphatic heterocycles. The minimum absolute atomic E-state index is 0.194. The minimum Gasteiger partial charge on any atom is -0.494 e. The third kappa shape index (κ3) is 4.28. The molecule has 3 N–H and O–H groups in total. The monoisotopic (exact) mass is 333 g/mol. The van der Waals surface area contributed by atoms with E-state index in [0.29, 0.717) is 22.7 Å². The molecule has 0 radical (unpaired) electrons. The topological polar surface area (TPSA) is 78.1 Å². The number of halogens is 1. The summed E-state index contributed by atoms with van der Waals surface area (Å²) in [6.45, 7) is 0.243. The summed E-state index contributed by atoms with van der Waals surface area (Å²) < 4.78 is 28.9. The third-order valence-corrected chi connectivity index (χ3v) is 3.30. The van der Waals surface area contributed by atoms with Gasteiger partial charge in [0.2, 0.25) is 0 Å². The Bertz CT molecular complexity index is 735. The van der Waals surface area contributed by atoms with Crippen molar-refractivity contribution < 1.29 is 18.6 Å². The van der Waals surface area contributed by atoms with Gasteiger partial charge in [-0.2, -0.15) is 0 Å². The zero-order valence-corrected chi connectivity index (χ0v) is 13.8. The number of nitrogens with one attached hydrogen (secondary N) is 1. The van der Waals surface area contributed by atoms with Crippen molar-refractivity contribution in [2.45, 2.75) is 6.54 Å². The van der Waals surface area contributed by atoms with Gasteiger partial charge in [0.1, 0.15) is 0 Å². The molecule has 0 unspecified atom stereocenters. The maximum atomic E-state index is 13.6. The first-order valence-electron chi connectivity index (χ1n) is 7.18. The lowest BCUT2D eigenvalue weighted by Crippen LogP contribution is -2.22. The summed E-state index contributed by atoms with van der Waals surface area (Å²) in [6, 6.07) is 9.94. The Kier molecular flexibility index (Phi) is 5.83. The molecule has 0 aliphatic rings. The molecule has 0 bridgehead atoms. The number of nitrogens with two attached hydrogens (primary N) is 1. The largest absolute Gasteiger partial charge is 0.494 e. The van der Waals surface area contributed by atoms with Gasteiger partial charge in [0.25, 0.3) is 0 Å². The molecular weight excluding hydrogens is 313 g/mol. The van der Waals surface area contributed by atoms with Gasteiger partial charge in [-0.3, -0.25) is 0 Å². The number of ether oxygens (including phenoxy) is 3. The van der Waals surface area contributed by atoms with Crippen LogP contribution < -0.4 is 25.3 Å². The second-order valence-corrected chi connectivity index (χ2v) is 4.87. The smallest absolute Gasteiger partial charge is 0.193 e. The molecule has 24 heavy (non-hydrogen) atoms. The van der Waals surface area contributed by atoms with Crippen LogP contribution in [0.25, 0.3) is 0 Å². The molecule has 6 nitrogen and oxygen atoms in total. The van der Waals surface area contributed by atoms with Crippen molar-refractivity contribution in [2.24, 2.45) is 10.7 Å². The zero-order valence-electron chi connectivity index (χ0n) is 13.8. The summed E-state index contributed by atoms with van der Waals surface area (Å²) in [5, 5.41) is 2.95. The van der Waals surface area contributed by atoms with E-state index in [0.717, 1.165) is 0 Å². The maximum absolute atomic E-state index is 13.6. The van der Waals surface area contributed by atoms with Crippen molar-refractivity contribution in [3.05, 3.63) is 47.8 Å². The number of rotatable bonds is 6. The average Bonchev–Trinajstić information content (AvgIpc) is 2.60. The van der Waals surface area contributed by atoms with Crippen molar-refractivity contribution in [3.8, 4) is 17.2 Å². The van der Waals surface area contributed by atoms with Gasteiger partial charge in [-0.05, 0) is 29.8 Å². The van der Waals surface area contributed by atoms with Gasteiger partial charge in [0.15, 0.2) is 29.0 Å².